The fourth-order valence-corrected chi connectivity index (χ4v) is 2.65. The molecular formula is C15H23N3O. The van der Waals surface area contributed by atoms with Gasteiger partial charge in [-0.25, -0.2) is 0 Å². The van der Waals surface area contributed by atoms with Crippen molar-refractivity contribution in [2.24, 2.45) is 5.92 Å². The summed E-state index contributed by atoms with van der Waals surface area (Å²) in [6.07, 6.45) is 2.46. The Morgan fingerprint density at radius 2 is 2.32 bits per heavy atom. The van der Waals surface area contributed by atoms with E-state index >= 15 is 0 Å². The highest BCUT2D eigenvalue weighted by molar-refractivity contribution is 5.93. The van der Waals surface area contributed by atoms with Crippen LogP contribution in [0.1, 0.15) is 25.3 Å². The molecule has 2 rings (SSSR count). The fraction of sp³-hybridized carbons (Fsp3) is 0.533. The van der Waals surface area contributed by atoms with Gasteiger partial charge in [0, 0.05) is 17.9 Å². The minimum absolute atomic E-state index is 0.0574. The molecule has 19 heavy (non-hydrogen) atoms. The van der Waals surface area contributed by atoms with Crippen molar-refractivity contribution in [2.45, 2.75) is 26.7 Å². The number of nitrogen functional groups attached to an aromatic ring is 1. The summed E-state index contributed by atoms with van der Waals surface area (Å²) in [6, 6.07) is 5.55. The van der Waals surface area contributed by atoms with E-state index in [4.69, 9.17) is 5.73 Å². The van der Waals surface area contributed by atoms with E-state index in [2.05, 4.69) is 17.1 Å². The molecule has 3 N–H and O–H groups in total. The first-order valence-electron chi connectivity index (χ1n) is 6.93. The van der Waals surface area contributed by atoms with Gasteiger partial charge in [0.05, 0.1) is 6.54 Å². The number of likely N-dealkylation sites (tertiary alicyclic amines) is 1. The molecule has 1 atom stereocenters. The number of nitrogens with one attached hydrogen (secondary N) is 1. The second-order valence-electron chi connectivity index (χ2n) is 5.61. The summed E-state index contributed by atoms with van der Waals surface area (Å²) >= 11 is 0. The van der Waals surface area contributed by atoms with E-state index in [-0.39, 0.29) is 5.91 Å². The van der Waals surface area contributed by atoms with Crippen molar-refractivity contribution in [3.8, 4) is 0 Å². The Bertz CT molecular complexity index is 459. The summed E-state index contributed by atoms with van der Waals surface area (Å²) in [5.41, 5.74) is 8.28. The number of aryl methyl sites for hydroxylation is 1. The number of hydrogen-bond donors (Lipinski definition) is 2. The minimum Gasteiger partial charge on any atom is -0.399 e. The molecule has 1 aliphatic rings. The highest BCUT2D eigenvalue weighted by atomic mass is 16.2. The molecule has 0 aromatic heterocycles. The number of rotatable bonds is 3. The molecule has 1 unspecified atom stereocenters. The van der Waals surface area contributed by atoms with Crippen LogP contribution in [0.3, 0.4) is 0 Å². The van der Waals surface area contributed by atoms with Crippen molar-refractivity contribution >= 4 is 17.3 Å². The van der Waals surface area contributed by atoms with Crippen molar-refractivity contribution in [1.82, 2.24) is 4.90 Å². The van der Waals surface area contributed by atoms with Crippen LogP contribution in [-0.4, -0.2) is 30.4 Å². The Kier molecular flexibility index (Phi) is 4.43. The zero-order valence-corrected chi connectivity index (χ0v) is 11.8. The fourth-order valence-electron chi connectivity index (χ4n) is 2.65. The lowest BCUT2D eigenvalue weighted by Crippen LogP contribution is -2.39. The standard InChI is InChI=1S/C15H23N3O/c1-11-4-3-7-18(9-11)10-15(19)17-14-6-5-13(16)8-12(14)2/h5-6,8,11H,3-4,7,9-10,16H2,1-2H3,(H,17,19). The Balaban J connectivity index is 1.90. The quantitative estimate of drug-likeness (QED) is 0.820. The van der Waals surface area contributed by atoms with Crippen LogP contribution >= 0.6 is 0 Å². The van der Waals surface area contributed by atoms with Gasteiger partial charge in [-0.2, -0.15) is 0 Å². The number of piperidine rings is 1. The molecule has 1 aromatic rings. The van der Waals surface area contributed by atoms with E-state index in [1.165, 1.54) is 12.8 Å². The molecule has 1 heterocycles. The van der Waals surface area contributed by atoms with Gasteiger partial charge in [-0.15, -0.1) is 0 Å². The second-order valence-corrected chi connectivity index (χ2v) is 5.61. The molecule has 0 spiro atoms. The van der Waals surface area contributed by atoms with Crippen LogP contribution in [0.25, 0.3) is 0 Å². The number of hydrogen-bond acceptors (Lipinski definition) is 3. The molecule has 104 valence electrons. The van der Waals surface area contributed by atoms with Crippen molar-refractivity contribution in [1.29, 1.82) is 0 Å². The van der Waals surface area contributed by atoms with Crippen molar-refractivity contribution < 1.29 is 4.79 Å². The van der Waals surface area contributed by atoms with Gasteiger partial charge in [0.15, 0.2) is 0 Å². The van der Waals surface area contributed by atoms with Gasteiger partial charge in [-0.1, -0.05) is 6.92 Å². The van der Waals surface area contributed by atoms with E-state index in [9.17, 15) is 4.79 Å². The van der Waals surface area contributed by atoms with Gasteiger partial charge in [-0.05, 0) is 56.0 Å². The van der Waals surface area contributed by atoms with Crippen LogP contribution in [0.4, 0.5) is 11.4 Å². The van der Waals surface area contributed by atoms with Crippen molar-refractivity contribution in [3.05, 3.63) is 23.8 Å². The average Bonchev–Trinajstić information content (AvgIpc) is 2.33. The molecule has 4 heteroatoms. The molecule has 1 aromatic carbocycles. The third kappa shape index (κ3) is 3.96. The van der Waals surface area contributed by atoms with Crippen LogP contribution in [0.5, 0.6) is 0 Å². The monoisotopic (exact) mass is 261 g/mol. The predicted molar refractivity (Wildman–Crippen MR) is 79.1 cm³/mol. The van der Waals surface area contributed by atoms with Gasteiger partial charge in [0.25, 0.3) is 0 Å². The third-order valence-corrected chi connectivity index (χ3v) is 3.63. The summed E-state index contributed by atoms with van der Waals surface area (Å²) < 4.78 is 0. The highest BCUT2D eigenvalue weighted by Crippen LogP contribution is 2.18. The van der Waals surface area contributed by atoms with E-state index < -0.39 is 0 Å². The molecule has 1 saturated heterocycles. The number of nitrogens with zero attached hydrogens (tertiary/aromatic N) is 1. The molecule has 4 nitrogen and oxygen atoms in total. The first-order valence-corrected chi connectivity index (χ1v) is 6.93. The number of anilines is 2. The van der Waals surface area contributed by atoms with Crippen LogP contribution in [0.2, 0.25) is 0 Å². The first-order chi connectivity index (χ1) is 9.04. The maximum absolute atomic E-state index is 12.0. The Morgan fingerprint density at radius 1 is 1.53 bits per heavy atom. The molecule has 0 radical (unpaired) electrons. The van der Waals surface area contributed by atoms with Gasteiger partial charge < -0.3 is 11.1 Å². The lowest BCUT2D eigenvalue weighted by Gasteiger charge is -2.30. The molecule has 1 amide bonds. The van der Waals surface area contributed by atoms with Gasteiger partial charge >= 0.3 is 0 Å². The summed E-state index contributed by atoms with van der Waals surface area (Å²) in [4.78, 5) is 14.3. The summed E-state index contributed by atoms with van der Waals surface area (Å²) in [7, 11) is 0. The Hall–Kier alpha value is -1.55. The number of carbonyl (C=O) groups is 1. The SMILES string of the molecule is Cc1cc(N)ccc1NC(=O)CN1CCCC(C)C1. The van der Waals surface area contributed by atoms with Crippen molar-refractivity contribution in [3.63, 3.8) is 0 Å². The minimum atomic E-state index is 0.0574. The molecule has 0 bridgehead atoms. The van der Waals surface area contributed by atoms with Gasteiger partial charge in [-0.3, -0.25) is 9.69 Å². The van der Waals surface area contributed by atoms with Gasteiger partial charge in [0.2, 0.25) is 5.91 Å². The van der Waals surface area contributed by atoms with Crippen LogP contribution in [-0.2, 0) is 4.79 Å². The highest BCUT2D eigenvalue weighted by Gasteiger charge is 2.18. The second kappa shape index (κ2) is 6.06. The van der Waals surface area contributed by atoms with Crippen LogP contribution in [0.15, 0.2) is 18.2 Å². The normalized spacial score (nSPS) is 20.2. The van der Waals surface area contributed by atoms with Gasteiger partial charge in [0.1, 0.15) is 0 Å². The average molecular weight is 261 g/mol. The van der Waals surface area contributed by atoms with E-state index in [1.807, 2.05) is 25.1 Å². The molecule has 1 fully saturated rings. The van der Waals surface area contributed by atoms with E-state index in [0.29, 0.717) is 12.5 Å². The van der Waals surface area contributed by atoms with Crippen LogP contribution in [0, 0.1) is 12.8 Å². The predicted octanol–water partition coefficient (Wildman–Crippen LogP) is 2.25. The molecule has 0 saturated carbocycles. The summed E-state index contributed by atoms with van der Waals surface area (Å²) in [5.74, 6) is 0.752. The number of benzene rings is 1. The van der Waals surface area contributed by atoms with E-state index in [1.54, 1.807) is 0 Å². The first kappa shape index (κ1) is 13.9. The Labute approximate surface area is 115 Å². The lowest BCUT2D eigenvalue weighted by atomic mass is 10.0. The Morgan fingerprint density at radius 3 is 3.00 bits per heavy atom. The number of amides is 1. The van der Waals surface area contributed by atoms with Crippen molar-refractivity contribution in [2.75, 3.05) is 30.7 Å². The zero-order valence-electron chi connectivity index (χ0n) is 11.8. The third-order valence-electron chi connectivity index (χ3n) is 3.63. The van der Waals surface area contributed by atoms with E-state index in [0.717, 1.165) is 30.0 Å². The number of carbonyl (C=O) groups excluding carboxylic acids is 1. The number of nitrogens with two attached hydrogens (primary N) is 1. The maximum Gasteiger partial charge on any atom is 0.238 e. The van der Waals surface area contributed by atoms with Crippen LogP contribution < -0.4 is 11.1 Å². The summed E-state index contributed by atoms with van der Waals surface area (Å²) in [5, 5.41) is 2.96. The maximum atomic E-state index is 12.0. The lowest BCUT2D eigenvalue weighted by molar-refractivity contribution is -0.117. The topological polar surface area (TPSA) is 58.4 Å². The molecule has 1 aliphatic heterocycles. The smallest absolute Gasteiger partial charge is 0.238 e. The summed E-state index contributed by atoms with van der Waals surface area (Å²) in [6.45, 7) is 6.73. The molecule has 0 aliphatic carbocycles. The molecular weight excluding hydrogens is 238 g/mol. The largest absolute Gasteiger partial charge is 0.399 e. The zero-order chi connectivity index (χ0) is 13.8.